The molecule has 0 saturated heterocycles. The predicted molar refractivity (Wildman–Crippen MR) is 146 cm³/mol. The van der Waals surface area contributed by atoms with Gasteiger partial charge in [-0.2, -0.15) is 10.2 Å². The van der Waals surface area contributed by atoms with Crippen molar-refractivity contribution in [2.24, 2.45) is 28.0 Å². The quantitative estimate of drug-likeness (QED) is 0.606. The van der Waals surface area contributed by atoms with Gasteiger partial charge in [0.05, 0.1) is 30.1 Å². The van der Waals surface area contributed by atoms with Gasteiger partial charge in [0, 0.05) is 35.8 Å². The van der Waals surface area contributed by atoms with Crippen LogP contribution in [0.1, 0.15) is 56.7 Å². The Morgan fingerprint density at radius 2 is 1.76 bits per heavy atom. The number of carbonyl (C=O) groups excluding carboxylic acids is 2. The lowest BCUT2D eigenvalue weighted by Crippen LogP contribution is -2.45. The Morgan fingerprint density at radius 1 is 1.03 bits per heavy atom. The van der Waals surface area contributed by atoms with E-state index in [9.17, 15) is 9.59 Å². The number of hydrogen-bond acceptors (Lipinski definition) is 6. The number of nitrogens with one attached hydrogen (secondary N) is 1. The number of ether oxygens (including phenoxy) is 2. The Balaban J connectivity index is 1.41. The van der Waals surface area contributed by atoms with Gasteiger partial charge in [0.25, 0.3) is 5.91 Å². The van der Waals surface area contributed by atoms with Crippen molar-refractivity contribution >= 4 is 28.9 Å². The second kappa shape index (κ2) is 9.11. The first-order valence-corrected chi connectivity index (χ1v) is 13.2. The lowest BCUT2D eigenvalue weighted by molar-refractivity contribution is -0.124. The summed E-state index contributed by atoms with van der Waals surface area (Å²) in [5.41, 5.74) is 7.69. The van der Waals surface area contributed by atoms with Crippen LogP contribution in [0.5, 0.6) is 11.5 Å². The first kappa shape index (κ1) is 24.4. The minimum Gasteiger partial charge on any atom is -0.493 e. The summed E-state index contributed by atoms with van der Waals surface area (Å²) < 4.78 is 11.9. The fourth-order valence-corrected chi connectivity index (χ4v) is 6.02. The number of methoxy groups -OCH3 is 1. The van der Waals surface area contributed by atoms with Crippen LogP contribution < -0.4 is 19.9 Å². The number of rotatable bonds is 4. The Kier molecular flexibility index (Phi) is 5.85. The van der Waals surface area contributed by atoms with Crippen molar-refractivity contribution in [3.05, 3.63) is 65.2 Å². The Labute approximate surface area is 222 Å². The van der Waals surface area contributed by atoms with Gasteiger partial charge in [-0.25, -0.2) is 10.4 Å². The number of fused-ring (bicyclic) bond motifs is 2. The molecule has 8 nitrogen and oxygen atoms in total. The number of nitrogens with zero attached hydrogens (tertiary/aromatic N) is 3. The van der Waals surface area contributed by atoms with Crippen LogP contribution >= 0.6 is 0 Å². The molecule has 2 aromatic rings. The third-order valence-corrected chi connectivity index (χ3v) is 7.89. The zero-order valence-electron chi connectivity index (χ0n) is 22.2. The zero-order valence-corrected chi connectivity index (χ0v) is 22.2. The van der Waals surface area contributed by atoms with Crippen LogP contribution in [0.4, 0.5) is 5.69 Å². The number of anilines is 1. The maximum Gasteiger partial charge on any atom is 0.251 e. The monoisotopic (exact) mass is 512 g/mol. The highest BCUT2D eigenvalue weighted by molar-refractivity contribution is 6.13. The first-order valence-electron chi connectivity index (χ1n) is 13.2. The molecule has 2 amide bonds. The number of hydrogen-bond donors (Lipinski definition) is 1. The number of carbonyl (C=O) groups is 2. The van der Waals surface area contributed by atoms with E-state index in [-0.39, 0.29) is 35.2 Å². The fourth-order valence-electron chi connectivity index (χ4n) is 6.02. The molecule has 6 rings (SSSR count). The van der Waals surface area contributed by atoms with Gasteiger partial charge in [-0.15, -0.1) is 0 Å². The molecule has 0 radical (unpaired) electrons. The van der Waals surface area contributed by atoms with Crippen molar-refractivity contribution in [1.82, 2.24) is 5.43 Å². The highest BCUT2D eigenvalue weighted by Gasteiger charge is 2.43. The topological polar surface area (TPSA) is 92.6 Å². The molecule has 0 bridgehead atoms. The van der Waals surface area contributed by atoms with E-state index in [0.29, 0.717) is 24.3 Å². The minimum atomic E-state index is -0.351. The molecule has 2 aromatic carbocycles. The molecule has 3 aliphatic heterocycles. The summed E-state index contributed by atoms with van der Waals surface area (Å²) in [4.78, 5) is 25.4. The summed E-state index contributed by atoms with van der Waals surface area (Å²) >= 11 is 0. The molecule has 3 heterocycles. The molecular weight excluding hydrogens is 480 g/mol. The van der Waals surface area contributed by atoms with E-state index in [4.69, 9.17) is 14.6 Å². The van der Waals surface area contributed by atoms with E-state index >= 15 is 0 Å². The largest absolute Gasteiger partial charge is 0.493 e. The molecule has 38 heavy (non-hydrogen) atoms. The van der Waals surface area contributed by atoms with Crippen LogP contribution in [0.25, 0.3) is 0 Å². The molecule has 1 unspecified atom stereocenters. The second-order valence-corrected chi connectivity index (χ2v) is 11.1. The van der Waals surface area contributed by atoms with E-state index < -0.39 is 0 Å². The lowest BCUT2D eigenvalue weighted by atomic mass is 9.75. The highest BCUT2D eigenvalue weighted by Crippen LogP contribution is 2.46. The summed E-state index contributed by atoms with van der Waals surface area (Å²) in [5.74, 6) is 1.26. The normalized spacial score (nSPS) is 25.6. The fraction of sp³-hybridized carbons (Fsp3) is 0.400. The van der Waals surface area contributed by atoms with Gasteiger partial charge in [0.2, 0.25) is 5.91 Å². The van der Waals surface area contributed by atoms with Crippen LogP contribution in [0.15, 0.2) is 58.8 Å². The molecule has 3 atom stereocenters. The van der Waals surface area contributed by atoms with Crippen LogP contribution in [0.3, 0.4) is 0 Å². The van der Waals surface area contributed by atoms with Gasteiger partial charge in [0.15, 0.2) is 11.5 Å². The first-order chi connectivity index (χ1) is 18.3. The van der Waals surface area contributed by atoms with Gasteiger partial charge in [-0.05, 0) is 56.5 Å². The van der Waals surface area contributed by atoms with Gasteiger partial charge in [-0.1, -0.05) is 31.2 Å². The third-order valence-electron chi connectivity index (χ3n) is 7.89. The van der Waals surface area contributed by atoms with E-state index in [1.807, 2.05) is 37.3 Å². The Bertz CT molecular complexity index is 1410. The molecule has 1 N–H and O–H groups in total. The average Bonchev–Trinajstić information content (AvgIpc) is 3.24. The van der Waals surface area contributed by atoms with E-state index in [1.54, 1.807) is 12.1 Å². The van der Waals surface area contributed by atoms with Gasteiger partial charge >= 0.3 is 0 Å². The number of amides is 2. The maximum atomic E-state index is 13.7. The van der Waals surface area contributed by atoms with Crippen molar-refractivity contribution < 1.29 is 19.1 Å². The molecule has 8 heteroatoms. The Hall–Kier alpha value is -3.94. The molecular formula is C30H32N4O4. The van der Waals surface area contributed by atoms with Crippen LogP contribution in [-0.4, -0.2) is 35.9 Å². The van der Waals surface area contributed by atoms with Crippen molar-refractivity contribution in [2.45, 2.75) is 52.1 Å². The second-order valence-electron chi connectivity index (χ2n) is 11.1. The zero-order chi connectivity index (χ0) is 26.6. The smallest absolute Gasteiger partial charge is 0.251 e. The molecule has 4 aliphatic rings. The van der Waals surface area contributed by atoms with Gasteiger partial charge in [-0.3, -0.25) is 9.59 Å². The van der Waals surface area contributed by atoms with E-state index in [0.717, 1.165) is 46.7 Å². The molecule has 0 spiro atoms. The summed E-state index contributed by atoms with van der Waals surface area (Å²) in [5, 5.41) is 10.8. The standard InChI is InChI=1S/C30H32N4O4/c1-17-15-25(35)31-32-26(17)18-9-11-19(12-10-18)34-29(36)22-8-6-5-7-20(22)27(33-34)21-13-14-24(37-4)28-23(21)16-30(2,3)38-28/h5-6,9-14,17,20,22H,7-8,15-16H2,1-4H3,(H,31,35)/t17?,20-,22+/m0/s1. The Morgan fingerprint density at radius 3 is 2.47 bits per heavy atom. The number of hydrazone groups is 2. The third kappa shape index (κ3) is 4.08. The van der Waals surface area contributed by atoms with Gasteiger partial charge < -0.3 is 9.47 Å². The summed E-state index contributed by atoms with van der Waals surface area (Å²) in [6.45, 7) is 6.14. The molecule has 196 valence electrons. The van der Waals surface area contributed by atoms with Crippen molar-refractivity contribution in [2.75, 3.05) is 12.1 Å². The number of benzene rings is 2. The SMILES string of the molecule is COc1ccc(C2=NN(c3ccc(C4=NNC(=O)CC4C)cc3)C(=O)[C@@H]3CC=CC[C@H]23)c2c1OC(C)(C)C2. The highest BCUT2D eigenvalue weighted by atomic mass is 16.5. The van der Waals surface area contributed by atoms with Crippen LogP contribution in [0, 0.1) is 17.8 Å². The van der Waals surface area contributed by atoms with Crippen molar-refractivity contribution in [3.8, 4) is 11.5 Å². The van der Waals surface area contributed by atoms with Gasteiger partial charge in [0.1, 0.15) is 5.60 Å². The lowest BCUT2D eigenvalue weighted by Gasteiger charge is -2.37. The number of allylic oxidation sites excluding steroid dienone is 2. The molecule has 1 aliphatic carbocycles. The van der Waals surface area contributed by atoms with Crippen LogP contribution in [0.2, 0.25) is 0 Å². The van der Waals surface area contributed by atoms with Crippen LogP contribution in [-0.2, 0) is 16.0 Å². The molecule has 0 aromatic heterocycles. The van der Waals surface area contributed by atoms with E-state index in [1.165, 1.54) is 0 Å². The summed E-state index contributed by atoms with van der Waals surface area (Å²) in [6.07, 6.45) is 6.86. The summed E-state index contributed by atoms with van der Waals surface area (Å²) in [6, 6.07) is 11.7. The molecule has 0 fully saturated rings. The minimum absolute atomic E-state index is 0.00489. The van der Waals surface area contributed by atoms with E-state index in [2.05, 4.69) is 42.6 Å². The van der Waals surface area contributed by atoms with Crippen molar-refractivity contribution in [1.29, 1.82) is 0 Å². The molecule has 0 saturated carbocycles. The predicted octanol–water partition coefficient (Wildman–Crippen LogP) is 4.60. The summed E-state index contributed by atoms with van der Waals surface area (Å²) in [7, 11) is 1.65. The van der Waals surface area contributed by atoms with Crippen molar-refractivity contribution in [3.63, 3.8) is 0 Å². The average molecular weight is 513 g/mol. The maximum absolute atomic E-state index is 13.7.